The highest BCUT2D eigenvalue weighted by Gasteiger charge is 2.21. The van der Waals surface area contributed by atoms with E-state index in [1.807, 2.05) is 0 Å². The molecule has 0 bridgehead atoms. The average Bonchev–Trinajstić information content (AvgIpc) is 2.50. The molecule has 0 fully saturated rings. The van der Waals surface area contributed by atoms with Crippen LogP contribution in [-0.2, 0) is 14.3 Å². The Morgan fingerprint density at radius 2 is 1.92 bits per heavy atom. The maximum absolute atomic E-state index is 12.0. The Morgan fingerprint density at radius 1 is 1.28 bits per heavy atom. The zero-order chi connectivity index (χ0) is 19.2. The van der Waals surface area contributed by atoms with Crippen LogP contribution in [0, 0.1) is 10.1 Å². The molecule has 0 aliphatic rings. The van der Waals surface area contributed by atoms with Crippen molar-refractivity contribution in [3.05, 3.63) is 39.9 Å². The van der Waals surface area contributed by atoms with Crippen LogP contribution in [0.2, 0.25) is 0 Å². The number of hydrogen-bond acceptors (Lipinski definition) is 6. The van der Waals surface area contributed by atoms with Gasteiger partial charge in [0.15, 0.2) is 6.61 Å². The highest BCUT2D eigenvalue weighted by Crippen LogP contribution is 2.13. The maximum Gasteiger partial charge on any atom is 0.328 e. The number of nitrogens with zero attached hydrogens (tertiary/aromatic N) is 1. The van der Waals surface area contributed by atoms with E-state index in [4.69, 9.17) is 4.74 Å². The molecule has 2 N–H and O–H groups in total. The Hall–Kier alpha value is -2.97. The van der Waals surface area contributed by atoms with E-state index >= 15 is 0 Å². The predicted molar refractivity (Wildman–Crippen MR) is 88.9 cm³/mol. The Balaban J connectivity index is 2.57. The molecule has 1 aromatic carbocycles. The van der Waals surface area contributed by atoms with Crippen molar-refractivity contribution in [1.82, 2.24) is 10.6 Å². The molecule has 0 saturated carbocycles. The summed E-state index contributed by atoms with van der Waals surface area (Å²) in [6.45, 7) is 6.28. The number of hydrogen-bond donors (Lipinski definition) is 2. The van der Waals surface area contributed by atoms with E-state index in [9.17, 15) is 24.5 Å². The lowest BCUT2D eigenvalue weighted by Crippen LogP contribution is -2.44. The number of carbonyl (C=O) groups is 3. The Bertz CT molecular complexity index is 681. The first-order valence-electron chi connectivity index (χ1n) is 7.52. The van der Waals surface area contributed by atoms with E-state index in [0.717, 1.165) is 6.07 Å². The monoisotopic (exact) mass is 351 g/mol. The normalized spacial score (nSPS) is 12.0. The molecule has 1 atom stereocenters. The zero-order valence-corrected chi connectivity index (χ0v) is 14.5. The van der Waals surface area contributed by atoms with E-state index in [2.05, 4.69) is 10.6 Å². The van der Waals surface area contributed by atoms with E-state index in [1.165, 1.54) is 25.1 Å². The quantitative estimate of drug-likeness (QED) is 0.450. The number of ether oxygens (including phenoxy) is 1. The molecule has 0 spiro atoms. The van der Waals surface area contributed by atoms with Crippen LogP contribution in [0.25, 0.3) is 0 Å². The first-order chi connectivity index (χ1) is 11.5. The molecule has 0 aromatic heterocycles. The Kier molecular flexibility index (Phi) is 6.60. The summed E-state index contributed by atoms with van der Waals surface area (Å²) in [4.78, 5) is 45.6. The van der Waals surface area contributed by atoms with Crippen LogP contribution in [0.3, 0.4) is 0 Å². The SMILES string of the molecule is C[C@H](NC(=O)c1cccc([N+](=O)[O-])c1)C(=O)OCC(=O)NC(C)(C)C. The minimum atomic E-state index is -1.02. The smallest absolute Gasteiger partial charge is 0.328 e. The topological polar surface area (TPSA) is 128 Å². The predicted octanol–water partition coefficient (Wildman–Crippen LogP) is 1.17. The van der Waals surface area contributed by atoms with Gasteiger partial charge in [-0.2, -0.15) is 0 Å². The molecule has 1 rings (SSSR count). The second-order valence-electron chi connectivity index (χ2n) is 6.41. The number of esters is 1. The van der Waals surface area contributed by atoms with Crippen LogP contribution >= 0.6 is 0 Å². The largest absolute Gasteiger partial charge is 0.454 e. The minimum Gasteiger partial charge on any atom is -0.454 e. The summed E-state index contributed by atoms with van der Waals surface area (Å²) in [6, 6.07) is 4.09. The summed E-state index contributed by atoms with van der Waals surface area (Å²) < 4.78 is 4.84. The molecule has 0 aliphatic carbocycles. The fourth-order valence-electron chi connectivity index (χ4n) is 1.82. The molecular weight excluding hydrogens is 330 g/mol. The third-order valence-electron chi connectivity index (χ3n) is 2.88. The molecule has 0 aliphatic heterocycles. The standard InChI is InChI=1S/C16H21N3O6/c1-10(15(22)25-9-13(20)18-16(2,3)4)17-14(21)11-6-5-7-12(8-11)19(23)24/h5-8,10H,9H2,1-4H3,(H,17,21)(H,18,20)/t10-/m0/s1. The number of non-ortho nitro benzene ring substituents is 1. The molecule has 136 valence electrons. The van der Waals surface area contributed by atoms with Gasteiger partial charge in [0.05, 0.1) is 4.92 Å². The van der Waals surface area contributed by atoms with Gasteiger partial charge in [-0.3, -0.25) is 19.7 Å². The summed E-state index contributed by atoms with van der Waals surface area (Å²) >= 11 is 0. The van der Waals surface area contributed by atoms with Crippen LogP contribution in [0.5, 0.6) is 0 Å². The number of benzene rings is 1. The van der Waals surface area contributed by atoms with Gasteiger partial charge in [0, 0.05) is 23.2 Å². The van der Waals surface area contributed by atoms with Gasteiger partial charge in [-0.1, -0.05) is 6.07 Å². The van der Waals surface area contributed by atoms with Crippen molar-refractivity contribution in [2.75, 3.05) is 6.61 Å². The highest BCUT2D eigenvalue weighted by molar-refractivity contribution is 5.97. The summed E-state index contributed by atoms with van der Waals surface area (Å²) in [5.74, 6) is -1.91. The van der Waals surface area contributed by atoms with Gasteiger partial charge in [-0.05, 0) is 33.8 Å². The Labute approximate surface area is 144 Å². The summed E-state index contributed by atoms with van der Waals surface area (Å²) in [6.07, 6.45) is 0. The lowest BCUT2D eigenvalue weighted by atomic mass is 10.1. The fraction of sp³-hybridized carbons (Fsp3) is 0.438. The van der Waals surface area contributed by atoms with Crippen LogP contribution in [-0.4, -0.2) is 40.9 Å². The van der Waals surface area contributed by atoms with Crippen LogP contribution in [0.1, 0.15) is 38.1 Å². The number of amides is 2. The van der Waals surface area contributed by atoms with Crippen molar-refractivity contribution in [3.8, 4) is 0 Å². The molecule has 0 radical (unpaired) electrons. The molecule has 0 unspecified atom stereocenters. The first kappa shape index (κ1) is 20.1. The average molecular weight is 351 g/mol. The van der Waals surface area contributed by atoms with Gasteiger partial charge in [0.25, 0.3) is 17.5 Å². The van der Waals surface area contributed by atoms with Crippen molar-refractivity contribution in [3.63, 3.8) is 0 Å². The second kappa shape index (κ2) is 8.22. The Morgan fingerprint density at radius 3 is 2.48 bits per heavy atom. The first-order valence-corrected chi connectivity index (χ1v) is 7.52. The zero-order valence-electron chi connectivity index (χ0n) is 14.5. The van der Waals surface area contributed by atoms with Gasteiger partial charge < -0.3 is 15.4 Å². The van der Waals surface area contributed by atoms with Crippen molar-refractivity contribution < 1.29 is 24.0 Å². The molecule has 2 amide bonds. The van der Waals surface area contributed by atoms with E-state index in [1.54, 1.807) is 20.8 Å². The molecule has 9 nitrogen and oxygen atoms in total. The molecule has 25 heavy (non-hydrogen) atoms. The molecule has 9 heteroatoms. The summed E-state index contributed by atoms with van der Waals surface area (Å²) in [5.41, 5.74) is -0.646. The second-order valence-corrected chi connectivity index (χ2v) is 6.41. The number of nitro benzene ring substituents is 1. The highest BCUT2D eigenvalue weighted by atomic mass is 16.6. The maximum atomic E-state index is 12.0. The lowest BCUT2D eigenvalue weighted by Gasteiger charge is -2.20. The van der Waals surface area contributed by atoms with Gasteiger partial charge in [-0.15, -0.1) is 0 Å². The van der Waals surface area contributed by atoms with Crippen LogP contribution in [0.15, 0.2) is 24.3 Å². The van der Waals surface area contributed by atoms with Gasteiger partial charge in [0.2, 0.25) is 0 Å². The molecular formula is C16H21N3O6. The van der Waals surface area contributed by atoms with Gasteiger partial charge in [0.1, 0.15) is 6.04 Å². The van der Waals surface area contributed by atoms with E-state index in [-0.39, 0.29) is 11.3 Å². The number of nitrogens with one attached hydrogen (secondary N) is 2. The summed E-state index contributed by atoms with van der Waals surface area (Å²) in [5, 5.41) is 15.7. The lowest BCUT2D eigenvalue weighted by molar-refractivity contribution is -0.384. The summed E-state index contributed by atoms with van der Waals surface area (Å²) in [7, 11) is 0. The van der Waals surface area contributed by atoms with Crippen molar-refractivity contribution in [2.45, 2.75) is 39.3 Å². The van der Waals surface area contributed by atoms with E-state index < -0.39 is 40.9 Å². The number of nitro groups is 1. The fourth-order valence-corrected chi connectivity index (χ4v) is 1.82. The van der Waals surface area contributed by atoms with Crippen LogP contribution < -0.4 is 10.6 Å². The molecule has 0 saturated heterocycles. The van der Waals surface area contributed by atoms with Crippen molar-refractivity contribution >= 4 is 23.5 Å². The number of rotatable bonds is 6. The van der Waals surface area contributed by atoms with Crippen molar-refractivity contribution in [1.29, 1.82) is 0 Å². The van der Waals surface area contributed by atoms with E-state index in [0.29, 0.717) is 0 Å². The third kappa shape index (κ3) is 6.98. The van der Waals surface area contributed by atoms with Gasteiger partial charge in [-0.25, -0.2) is 4.79 Å². The van der Waals surface area contributed by atoms with Gasteiger partial charge >= 0.3 is 5.97 Å². The van der Waals surface area contributed by atoms with Crippen LogP contribution in [0.4, 0.5) is 5.69 Å². The molecule has 1 aromatic rings. The van der Waals surface area contributed by atoms with Crippen molar-refractivity contribution in [2.24, 2.45) is 0 Å². The third-order valence-corrected chi connectivity index (χ3v) is 2.88. The number of carbonyl (C=O) groups excluding carboxylic acids is 3. The molecule has 0 heterocycles. The minimum absolute atomic E-state index is 0.0410.